The van der Waals surface area contributed by atoms with Crippen LogP contribution in [0.4, 0.5) is 0 Å². The third kappa shape index (κ3) is 8.44. The van der Waals surface area contributed by atoms with Gasteiger partial charge in [0.15, 0.2) is 17.2 Å². The maximum Gasteiger partial charge on any atom is 0.297 e. The van der Waals surface area contributed by atoms with E-state index in [2.05, 4.69) is 43.0 Å². The van der Waals surface area contributed by atoms with E-state index in [1.54, 1.807) is 6.08 Å². The smallest absolute Gasteiger partial charge is 0.297 e. The van der Waals surface area contributed by atoms with E-state index in [1.807, 2.05) is 43.3 Å². The van der Waals surface area contributed by atoms with Crippen molar-refractivity contribution in [2.24, 2.45) is 0 Å². The number of fused-ring (bicyclic) bond motifs is 1. The Hall–Kier alpha value is -3.88. The van der Waals surface area contributed by atoms with Crippen LogP contribution in [0.2, 0.25) is 10.0 Å². The van der Waals surface area contributed by atoms with E-state index in [-0.39, 0.29) is 25.1 Å². The fraction of sp³-hybridized carbons (Fsp3) is 0.229. The predicted molar refractivity (Wildman–Crippen MR) is 172 cm³/mol. The number of benzene rings is 4. The summed E-state index contributed by atoms with van der Waals surface area (Å²) in [4.78, 5) is 10.6. The minimum Gasteiger partial charge on any atom is -1.00 e. The molecule has 0 saturated carbocycles. The lowest BCUT2D eigenvalue weighted by atomic mass is 9.87. The number of hydrogen-bond acceptors (Lipinski definition) is 6. The monoisotopic (exact) mass is 669 g/mol. The summed E-state index contributed by atoms with van der Waals surface area (Å²) < 4.78 is 27.6. The summed E-state index contributed by atoms with van der Waals surface area (Å²) in [6.45, 7) is 6.04. The molecule has 7 nitrogen and oxygen atoms in total. The van der Waals surface area contributed by atoms with Gasteiger partial charge in [0.2, 0.25) is 6.79 Å². The van der Waals surface area contributed by atoms with Gasteiger partial charge in [-0.05, 0) is 102 Å². The molecule has 45 heavy (non-hydrogen) atoms. The van der Waals surface area contributed by atoms with Gasteiger partial charge in [-0.15, -0.1) is 0 Å². The summed E-state index contributed by atoms with van der Waals surface area (Å²) in [5.41, 5.74) is 11.7. The fourth-order valence-electron chi connectivity index (χ4n) is 5.29. The number of halogens is 3. The van der Waals surface area contributed by atoms with Crippen LogP contribution in [0.15, 0.2) is 73.0 Å². The van der Waals surface area contributed by atoms with Crippen LogP contribution in [0.3, 0.4) is 0 Å². The van der Waals surface area contributed by atoms with Crippen molar-refractivity contribution in [3.05, 3.63) is 111 Å². The molecule has 0 bridgehead atoms. The van der Waals surface area contributed by atoms with Gasteiger partial charge in [0.1, 0.15) is 19.0 Å². The summed E-state index contributed by atoms with van der Waals surface area (Å²) in [5.74, 6) is 2.82. The molecule has 4 aromatic rings. The number of carbonyl (C=O) groups is 1. The lowest BCUT2D eigenvalue weighted by Crippen LogP contribution is -3.00. The fourth-order valence-corrected chi connectivity index (χ4v) is 6.00. The second-order valence-corrected chi connectivity index (χ2v) is 11.3. The highest BCUT2D eigenvalue weighted by Gasteiger charge is 2.20. The summed E-state index contributed by atoms with van der Waals surface area (Å²) in [6.07, 6.45) is 3.94. The van der Waals surface area contributed by atoms with Crippen LogP contribution >= 0.6 is 23.2 Å². The maximum atomic E-state index is 10.6. The summed E-state index contributed by atoms with van der Waals surface area (Å²) in [7, 11) is 0. The SMILES string of the molecule is Cc1cc(Cl)c(OCCOc2ccc(CC(C[NH3+])c3ccc(-c4cc5c(cc4/C=C/OC=O)OCO5)cc3C)cc2)c(Cl)c1.[Cl-]. The minimum atomic E-state index is 0. The van der Waals surface area contributed by atoms with E-state index in [9.17, 15) is 4.79 Å². The Balaban J connectivity index is 0.00000461. The van der Waals surface area contributed by atoms with Crippen molar-refractivity contribution in [2.75, 3.05) is 26.6 Å². The average molecular weight is 671 g/mol. The molecule has 0 amide bonds. The quantitative estimate of drug-likeness (QED) is 0.131. The molecule has 1 aliphatic rings. The van der Waals surface area contributed by atoms with Crippen LogP contribution in [0.1, 0.15) is 33.7 Å². The van der Waals surface area contributed by atoms with Crippen molar-refractivity contribution in [1.82, 2.24) is 0 Å². The predicted octanol–water partition coefficient (Wildman–Crippen LogP) is 4.18. The Morgan fingerprint density at radius 3 is 2.27 bits per heavy atom. The highest BCUT2D eigenvalue weighted by molar-refractivity contribution is 6.37. The first kappa shape index (κ1) is 34.0. The molecule has 5 rings (SSSR count). The maximum absolute atomic E-state index is 10.6. The molecule has 236 valence electrons. The van der Waals surface area contributed by atoms with Crippen molar-refractivity contribution in [3.63, 3.8) is 0 Å². The number of carbonyl (C=O) groups excluding carboxylic acids is 1. The van der Waals surface area contributed by atoms with Crippen molar-refractivity contribution in [2.45, 2.75) is 26.2 Å². The molecule has 0 spiro atoms. The Morgan fingerprint density at radius 1 is 0.911 bits per heavy atom. The van der Waals surface area contributed by atoms with Gasteiger partial charge in [0, 0.05) is 5.92 Å². The van der Waals surface area contributed by atoms with E-state index >= 15 is 0 Å². The molecule has 0 radical (unpaired) electrons. The van der Waals surface area contributed by atoms with E-state index < -0.39 is 0 Å². The van der Waals surface area contributed by atoms with Gasteiger partial charge in [-0.2, -0.15) is 0 Å². The zero-order valence-electron chi connectivity index (χ0n) is 25.0. The minimum absolute atomic E-state index is 0. The zero-order chi connectivity index (χ0) is 31.1. The lowest BCUT2D eigenvalue weighted by molar-refractivity contribution is -0.372. The van der Waals surface area contributed by atoms with Gasteiger partial charge in [0.25, 0.3) is 6.47 Å². The molecular weight excluding hydrogens is 637 g/mol. The normalized spacial score (nSPS) is 12.5. The van der Waals surface area contributed by atoms with Crippen LogP contribution in [-0.4, -0.2) is 33.0 Å². The number of ether oxygens (including phenoxy) is 5. The second kappa shape index (κ2) is 15.9. The summed E-state index contributed by atoms with van der Waals surface area (Å²) >= 11 is 12.5. The van der Waals surface area contributed by atoms with Crippen LogP contribution in [0.5, 0.6) is 23.0 Å². The highest BCUT2D eigenvalue weighted by atomic mass is 35.5. The zero-order valence-corrected chi connectivity index (χ0v) is 27.3. The van der Waals surface area contributed by atoms with Crippen LogP contribution in [0, 0.1) is 13.8 Å². The average Bonchev–Trinajstić information content (AvgIpc) is 3.47. The van der Waals surface area contributed by atoms with Gasteiger partial charge in [-0.25, -0.2) is 0 Å². The van der Waals surface area contributed by atoms with Crippen molar-refractivity contribution in [1.29, 1.82) is 0 Å². The molecule has 1 atom stereocenters. The Kier molecular flexibility index (Phi) is 12.0. The summed E-state index contributed by atoms with van der Waals surface area (Å²) in [6, 6.07) is 22.1. The molecule has 1 heterocycles. The van der Waals surface area contributed by atoms with Gasteiger partial charge < -0.3 is 41.8 Å². The molecular formula is C35H34Cl3NO6. The molecule has 0 aromatic heterocycles. The standard InChI is InChI=1S/C35H33Cl2NO6.ClH/c1-22-13-31(36)35(32(37)14-22)42-12-11-41-28-6-3-24(4-7-28)16-27(19-38)29-8-5-25(15-23(29)2)30-18-34-33(43-21-44-34)17-26(30)9-10-40-20-39;/h3-10,13-15,17-18,20,27H,11-12,16,19,21,38H2,1-2H3;1H/b10-9+;. The number of quaternary nitrogens is 1. The molecule has 1 aliphatic heterocycles. The Morgan fingerprint density at radius 2 is 1.60 bits per heavy atom. The largest absolute Gasteiger partial charge is 1.00 e. The molecule has 0 saturated heterocycles. The van der Waals surface area contributed by atoms with Gasteiger partial charge >= 0.3 is 0 Å². The number of rotatable bonds is 13. The van der Waals surface area contributed by atoms with Gasteiger partial charge in [-0.1, -0.05) is 53.5 Å². The van der Waals surface area contributed by atoms with Crippen LogP contribution in [0.25, 0.3) is 17.2 Å². The van der Waals surface area contributed by atoms with E-state index in [4.69, 9.17) is 46.9 Å². The van der Waals surface area contributed by atoms with Gasteiger partial charge in [0.05, 0.1) is 22.9 Å². The second-order valence-electron chi connectivity index (χ2n) is 10.5. The topological polar surface area (TPSA) is 90.9 Å². The molecule has 4 aromatic carbocycles. The summed E-state index contributed by atoms with van der Waals surface area (Å²) in [5, 5.41) is 0.973. The van der Waals surface area contributed by atoms with E-state index in [1.165, 1.54) is 23.0 Å². The number of hydrogen-bond donors (Lipinski definition) is 1. The lowest BCUT2D eigenvalue weighted by Gasteiger charge is -2.18. The van der Waals surface area contributed by atoms with Crippen molar-refractivity contribution >= 4 is 35.8 Å². The van der Waals surface area contributed by atoms with E-state index in [0.29, 0.717) is 47.0 Å². The van der Waals surface area contributed by atoms with Crippen molar-refractivity contribution < 1.29 is 46.6 Å². The van der Waals surface area contributed by atoms with E-state index in [0.717, 1.165) is 41.0 Å². The third-order valence-electron chi connectivity index (χ3n) is 7.44. The third-order valence-corrected chi connectivity index (χ3v) is 8.00. The highest BCUT2D eigenvalue weighted by Crippen LogP contribution is 2.40. The first-order valence-electron chi connectivity index (χ1n) is 14.3. The Bertz CT molecular complexity index is 1640. The molecule has 10 heteroatoms. The molecule has 1 unspecified atom stereocenters. The number of aryl methyl sites for hydroxylation is 2. The van der Waals surface area contributed by atoms with Gasteiger partial charge in [-0.3, -0.25) is 4.79 Å². The Labute approximate surface area is 279 Å². The molecule has 0 aliphatic carbocycles. The first-order valence-corrected chi connectivity index (χ1v) is 15.0. The van der Waals surface area contributed by atoms with Crippen LogP contribution in [-0.2, 0) is 16.0 Å². The molecule has 0 fully saturated rings. The van der Waals surface area contributed by atoms with Crippen LogP contribution < -0.4 is 37.1 Å². The molecule has 3 N–H and O–H groups in total. The first-order chi connectivity index (χ1) is 21.4. The van der Waals surface area contributed by atoms with Crippen molar-refractivity contribution in [3.8, 4) is 34.1 Å².